The number of rotatable bonds is 2. The van der Waals surface area contributed by atoms with Crippen molar-refractivity contribution in [1.29, 1.82) is 0 Å². The Morgan fingerprint density at radius 2 is 1.00 bits per heavy atom. The molecule has 0 amide bonds. The number of aromatic nitrogens is 12. The minimum Gasteiger partial charge on any atom is -0.271 e. The molecule has 0 aliphatic heterocycles. The quantitative estimate of drug-likeness (QED) is 0.504. The second-order valence-corrected chi connectivity index (χ2v) is 3.89. The Balaban J connectivity index is 1.88. The van der Waals surface area contributed by atoms with Gasteiger partial charge in [-0.05, 0) is 10.4 Å². The fraction of sp³-hybridized carbons (Fsp3) is 0.250. The highest BCUT2D eigenvalue weighted by Crippen LogP contribution is 2.07. The monoisotopic (exact) mass is 302 g/mol. The molecule has 0 aliphatic rings. The molecule has 0 saturated heterocycles. The predicted molar refractivity (Wildman–Crippen MR) is 63.8 cm³/mol. The number of tetrazole rings is 2. The van der Waals surface area contributed by atoms with E-state index in [2.05, 4.69) is 51.2 Å². The van der Waals surface area contributed by atoms with Crippen molar-refractivity contribution in [1.82, 2.24) is 60.8 Å². The van der Waals surface area contributed by atoms with Crippen molar-refractivity contribution in [3.05, 3.63) is 0 Å². The van der Waals surface area contributed by atoms with Crippen LogP contribution in [0.25, 0.3) is 23.3 Å². The number of hydrogen-bond acceptors (Lipinski definition) is 12. The zero-order valence-corrected chi connectivity index (χ0v) is 11.2. The van der Waals surface area contributed by atoms with E-state index < -0.39 is 11.8 Å². The van der Waals surface area contributed by atoms with E-state index in [0.29, 0.717) is 0 Å². The third-order valence-electron chi connectivity index (χ3n) is 2.27. The first-order valence-corrected chi connectivity index (χ1v) is 5.74. The molecular weight excluding hydrogens is 296 g/mol. The van der Waals surface area contributed by atoms with Gasteiger partial charge in [-0.2, -0.15) is 0 Å². The Hall–Kier alpha value is -3.58. The maximum Gasteiger partial charge on any atom is 0.263 e. The van der Waals surface area contributed by atoms with Gasteiger partial charge in [0.1, 0.15) is 0 Å². The summed E-state index contributed by atoms with van der Waals surface area (Å²) in [6.45, 7) is 2.55. The van der Waals surface area contributed by atoms with Gasteiger partial charge in [0.15, 0.2) is 0 Å². The molecule has 0 fully saturated rings. The Bertz CT molecular complexity index is 777. The lowest BCUT2D eigenvalue weighted by Crippen LogP contribution is -2.10. The molecule has 0 aromatic carbocycles. The van der Waals surface area contributed by atoms with Crippen molar-refractivity contribution in [2.45, 2.75) is 13.8 Å². The second-order valence-electron chi connectivity index (χ2n) is 3.89. The summed E-state index contributed by atoms with van der Waals surface area (Å²) in [5.74, 6) is -0.919. The van der Waals surface area contributed by atoms with E-state index in [4.69, 9.17) is 0 Å². The van der Waals surface area contributed by atoms with Crippen LogP contribution < -0.4 is 0 Å². The normalized spacial score (nSPS) is 10.6. The van der Waals surface area contributed by atoms with Gasteiger partial charge in [0.2, 0.25) is 23.3 Å². The highest BCUT2D eigenvalue weighted by atomic mass is 16.2. The Morgan fingerprint density at radius 3 is 1.27 bits per heavy atom. The Labute approximate surface area is 120 Å². The first-order chi connectivity index (χ1) is 10.5. The lowest BCUT2D eigenvalue weighted by molar-refractivity contribution is 0.0892. The van der Waals surface area contributed by atoms with Gasteiger partial charge >= 0.3 is 0 Å². The molecule has 0 spiro atoms. The minimum atomic E-state index is -0.415. The van der Waals surface area contributed by atoms with Crippen LogP contribution in [0.5, 0.6) is 0 Å². The number of nitrogens with zero attached hydrogens (tertiary/aromatic N) is 12. The summed E-state index contributed by atoms with van der Waals surface area (Å²) in [6.07, 6.45) is 0. The van der Waals surface area contributed by atoms with E-state index in [-0.39, 0.29) is 23.3 Å². The van der Waals surface area contributed by atoms with E-state index in [1.165, 1.54) is 13.8 Å². The molecule has 3 aromatic rings. The summed E-state index contributed by atoms with van der Waals surface area (Å²) >= 11 is 0. The number of carbonyl (C=O) groups is 2. The van der Waals surface area contributed by atoms with Crippen LogP contribution in [0.15, 0.2) is 0 Å². The van der Waals surface area contributed by atoms with Crippen molar-refractivity contribution >= 4 is 11.8 Å². The van der Waals surface area contributed by atoms with Crippen molar-refractivity contribution in [3.8, 4) is 23.3 Å². The van der Waals surface area contributed by atoms with Crippen LogP contribution in [-0.2, 0) is 0 Å². The van der Waals surface area contributed by atoms with Crippen molar-refractivity contribution in [2.24, 2.45) is 0 Å². The molecule has 0 atom stereocenters. The maximum absolute atomic E-state index is 11.1. The molecule has 110 valence electrons. The fourth-order valence-corrected chi connectivity index (χ4v) is 1.28. The van der Waals surface area contributed by atoms with Crippen LogP contribution in [0.1, 0.15) is 23.4 Å². The molecule has 3 aromatic heterocycles. The highest BCUT2D eigenvalue weighted by Gasteiger charge is 2.16. The molecule has 3 rings (SSSR count). The molecule has 0 radical (unpaired) electrons. The molecule has 0 N–H and O–H groups in total. The molecule has 22 heavy (non-hydrogen) atoms. The average molecular weight is 302 g/mol. The summed E-state index contributed by atoms with van der Waals surface area (Å²) < 4.78 is 0. The van der Waals surface area contributed by atoms with Gasteiger partial charge in [0.05, 0.1) is 0 Å². The summed E-state index contributed by atoms with van der Waals surface area (Å²) in [5, 5.41) is 36.7. The van der Waals surface area contributed by atoms with Crippen LogP contribution in [0.4, 0.5) is 0 Å². The number of hydrogen-bond donors (Lipinski definition) is 0. The minimum absolute atomic E-state index is 0.0119. The molecule has 14 heteroatoms. The zero-order chi connectivity index (χ0) is 15.7. The van der Waals surface area contributed by atoms with Crippen LogP contribution in [0, 0.1) is 0 Å². The Kier molecular flexibility index (Phi) is 3.09. The fourth-order valence-electron chi connectivity index (χ4n) is 1.28. The summed E-state index contributed by atoms with van der Waals surface area (Å²) in [5.41, 5.74) is 0. The first-order valence-electron chi connectivity index (χ1n) is 5.74. The van der Waals surface area contributed by atoms with Crippen molar-refractivity contribution in [2.75, 3.05) is 0 Å². The standard InChI is InChI=1S/C8H6N12O2/c1-3(21)19-15-7(13-17-19)5-9-11-6(12-10-5)8-14-18-20(16-8)4(2)22/h1-2H3. The molecular formula is C8H6N12O2. The van der Waals surface area contributed by atoms with Crippen LogP contribution in [-0.4, -0.2) is 72.6 Å². The zero-order valence-electron chi connectivity index (χ0n) is 11.2. The van der Waals surface area contributed by atoms with E-state index in [0.717, 1.165) is 9.59 Å². The second kappa shape index (κ2) is 5.08. The summed E-state index contributed by atoms with van der Waals surface area (Å²) in [6, 6.07) is 0. The van der Waals surface area contributed by atoms with Gasteiger partial charge < -0.3 is 0 Å². The summed E-state index contributed by atoms with van der Waals surface area (Å²) in [7, 11) is 0. The van der Waals surface area contributed by atoms with Crippen LogP contribution in [0.2, 0.25) is 0 Å². The van der Waals surface area contributed by atoms with Gasteiger partial charge in [-0.25, -0.2) is 0 Å². The van der Waals surface area contributed by atoms with E-state index >= 15 is 0 Å². The van der Waals surface area contributed by atoms with Gasteiger partial charge in [-0.15, -0.1) is 40.8 Å². The number of carbonyl (C=O) groups excluding carboxylic acids is 2. The molecule has 0 bridgehead atoms. The smallest absolute Gasteiger partial charge is 0.263 e. The third-order valence-corrected chi connectivity index (χ3v) is 2.27. The molecule has 0 saturated carbocycles. The molecule has 3 heterocycles. The Morgan fingerprint density at radius 1 is 0.636 bits per heavy atom. The van der Waals surface area contributed by atoms with Crippen molar-refractivity contribution in [3.63, 3.8) is 0 Å². The van der Waals surface area contributed by atoms with Gasteiger partial charge in [0, 0.05) is 13.8 Å². The molecule has 14 nitrogen and oxygen atoms in total. The van der Waals surface area contributed by atoms with Crippen LogP contribution >= 0.6 is 0 Å². The van der Waals surface area contributed by atoms with Crippen LogP contribution in [0.3, 0.4) is 0 Å². The van der Waals surface area contributed by atoms with E-state index in [9.17, 15) is 9.59 Å². The topological polar surface area (TPSA) is 173 Å². The lowest BCUT2D eigenvalue weighted by Gasteiger charge is -1.92. The SMILES string of the molecule is CC(=O)n1nnc(-c2nnc(-c3nnn(C(C)=O)n3)nn2)n1. The lowest BCUT2D eigenvalue weighted by atomic mass is 10.6. The maximum atomic E-state index is 11.1. The van der Waals surface area contributed by atoms with Gasteiger partial charge in [-0.1, -0.05) is 9.59 Å². The molecule has 0 aliphatic carbocycles. The molecule has 0 unspecified atom stereocenters. The van der Waals surface area contributed by atoms with Crippen molar-refractivity contribution < 1.29 is 9.59 Å². The average Bonchev–Trinajstić information content (AvgIpc) is 3.17. The third kappa shape index (κ3) is 2.39. The highest BCUT2D eigenvalue weighted by molar-refractivity contribution is 5.74. The predicted octanol–water partition coefficient (Wildman–Crippen LogP) is -2.11. The van der Waals surface area contributed by atoms with E-state index in [1.54, 1.807) is 0 Å². The summed E-state index contributed by atoms with van der Waals surface area (Å²) in [4.78, 5) is 23.7. The largest absolute Gasteiger partial charge is 0.271 e. The van der Waals surface area contributed by atoms with Gasteiger partial charge in [0.25, 0.3) is 11.8 Å². The van der Waals surface area contributed by atoms with Gasteiger partial charge in [-0.3, -0.25) is 9.59 Å². The first kappa shape index (κ1) is 13.4. The van der Waals surface area contributed by atoms with E-state index in [1.807, 2.05) is 0 Å².